The van der Waals surface area contributed by atoms with Crippen LogP contribution >= 0.6 is 15.9 Å². The van der Waals surface area contributed by atoms with Gasteiger partial charge in [-0.2, -0.15) is 8.78 Å². The summed E-state index contributed by atoms with van der Waals surface area (Å²) in [6, 6.07) is 9.20. The first kappa shape index (κ1) is 20.8. The Hall–Kier alpha value is -2.94. The first-order valence-corrected chi connectivity index (χ1v) is 9.28. The van der Waals surface area contributed by atoms with Gasteiger partial charge in [-0.3, -0.25) is 0 Å². The molecule has 152 valence electrons. The second-order valence-corrected chi connectivity index (χ2v) is 6.56. The van der Waals surface area contributed by atoms with E-state index in [0.29, 0.717) is 33.7 Å². The standard InChI is InChI=1S/C20H16BrF2NO5/c1-3-27-17-14(21)7-11(9-16(17)26-2)8-15-19(25)29-18(24-15)12-5-4-6-13(10-12)28-20(22)23/h4-10,20H,3H2,1-2H3/b15-8-. The molecule has 0 atom stereocenters. The molecule has 1 aliphatic heterocycles. The number of nitrogens with zero attached hydrogens (tertiary/aromatic N) is 1. The average Bonchev–Trinajstić information content (AvgIpc) is 3.04. The van der Waals surface area contributed by atoms with Crippen LogP contribution in [0.1, 0.15) is 18.1 Å². The minimum atomic E-state index is -2.96. The van der Waals surface area contributed by atoms with Crippen molar-refractivity contribution in [3.63, 3.8) is 0 Å². The second-order valence-electron chi connectivity index (χ2n) is 5.71. The second kappa shape index (κ2) is 9.04. The van der Waals surface area contributed by atoms with Crippen LogP contribution in [0.3, 0.4) is 0 Å². The van der Waals surface area contributed by atoms with Crippen LogP contribution in [-0.2, 0) is 9.53 Å². The van der Waals surface area contributed by atoms with Crippen molar-refractivity contribution in [2.45, 2.75) is 13.5 Å². The molecule has 9 heteroatoms. The van der Waals surface area contributed by atoms with Crippen LogP contribution < -0.4 is 14.2 Å². The Morgan fingerprint density at radius 3 is 2.76 bits per heavy atom. The number of carbonyl (C=O) groups is 1. The Morgan fingerprint density at radius 2 is 2.07 bits per heavy atom. The highest BCUT2D eigenvalue weighted by molar-refractivity contribution is 9.10. The Balaban J connectivity index is 1.92. The lowest BCUT2D eigenvalue weighted by Gasteiger charge is -2.12. The molecule has 1 heterocycles. The number of hydrogen-bond donors (Lipinski definition) is 0. The van der Waals surface area contributed by atoms with E-state index in [4.69, 9.17) is 14.2 Å². The van der Waals surface area contributed by atoms with Crippen LogP contribution in [0.25, 0.3) is 6.08 Å². The Kier molecular flexibility index (Phi) is 6.48. The summed E-state index contributed by atoms with van der Waals surface area (Å²) in [5, 5.41) is 0. The predicted octanol–water partition coefficient (Wildman–Crippen LogP) is 4.80. The molecule has 1 aliphatic rings. The fourth-order valence-electron chi connectivity index (χ4n) is 2.60. The molecule has 0 N–H and O–H groups in total. The van der Waals surface area contributed by atoms with E-state index in [9.17, 15) is 13.6 Å². The monoisotopic (exact) mass is 467 g/mol. The van der Waals surface area contributed by atoms with Gasteiger partial charge in [0.2, 0.25) is 5.90 Å². The summed E-state index contributed by atoms with van der Waals surface area (Å²) in [5.74, 6) is 0.308. The number of alkyl halides is 2. The van der Waals surface area contributed by atoms with Gasteiger partial charge in [-0.25, -0.2) is 9.79 Å². The van der Waals surface area contributed by atoms with E-state index >= 15 is 0 Å². The highest BCUT2D eigenvalue weighted by Gasteiger charge is 2.25. The van der Waals surface area contributed by atoms with Gasteiger partial charge in [0, 0.05) is 5.56 Å². The van der Waals surface area contributed by atoms with Gasteiger partial charge in [0.1, 0.15) is 5.75 Å². The summed E-state index contributed by atoms with van der Waals surface area (Å²) in [5.41, 5.74) is 1.02. The largest absolute Gasteiger partial charge is 0.493 e. The van der Waals surface area contributed by atoms with Gasteiger partial charge in [-0.1, -0.05) is 6.07 Å². The van der Waals surface area contributed by atoms with Crippen LogP contribution in [0.2, 0.25) is 0 Å². The molecule has 0 aromatic heterocycles. The maximum Gasteiger partial charge on any atom is 0.387 e. The zero-order chi connectivity index (χ0) is 21.0. The van der Waals surface area contributed by atoms with Crippen LogP contribution in [-0.4, -0.2) is 32.2 Å². The van der Waals surface area contributed by atoms with Crippen molar-refractivity contribution in [3.8, 4) is 17.2 Å². The maximum atomic E-state index is 12.4. The van der Waals surface area contributed by atoms with E-state index in [1.165, 1.54) is 31.4 Å². The fourth-order valence-corrected chi connectivity index (χ4v) is 3.18. The van der Waals surface area contributed by atoms with Crippen molar-refractivity contribution in [3.05, 3.63) is 57.7 Å². The Labute approximate surface area is 173 Å². The average molecular weight is 468 g/mol. The van der Waals surface area contributed by atoms with E-state index < -0.39 is 12.6 Å². The smallest absolute Gasteiger partial charge is 0.387 e. The minimum absolute atomic E-state index is 0.00191. The quantitative estimate of drug-likeness (QED) is 0.432. The van der Waals surface area contributed by atoms with Crippen molar-refractivity contribution in [1.29, 1.82) is 0 Å². The number of ether oxygens (including phenoxy) is 4. The number of methoxy groups -OCH3 is 1. The molecular weight excluding hydrogens is 452 g/mol. The number of carbonyl (C=O) groups excluding carboxylic acids is 1. The number of cyclic esters (lactones) is 1. The molecule has 0 aliphatic carbocycles. The normalized spacial score (nSPS) is 14.8. The highest BCUT2D eigenvalue weighted by Crippen LogP contribution is 2.37. The SMILES string of the molecule is CCOc1c(Br)cc(/C=C2\N=C(c3cccc(OC(F)F)c3)OC2=O)cc1OC. The zero-order valence-electron chi connectivity index (χ0n) is 15.4. The molecule has 0 fully saturated rings. The number of esters is 1. The topological polar surface area (TPSA) is 66.3 Å². The molecular formula is C20H16BrF2NO5. The Bertz CT molecular complexity index is 991. The summed E-state index contributed by atoms with van der Waals surface area (Å²) >= 11 is 3.42. The summed E-state index contributed by atoms with van der Waals surface area (Å²) in [4.78, 5) is 16.4. The third-order valence-electron chi connectivity index (χ3n) is 3.77. The summed E-state index contributed by atoms with van der Waals surface area (Å²) in [6.45, 7) is -0.640. The van der Waals surface area contributed by atoms with E-state index in [1.54, 1.807) is 18.2 Å². The van der Waals surface area contributed by atoms with Gasteiger partial charge < -0.3 is 18.9 Å². The fraction of sp³-hybridized carbons (Fsp3) is 0.200. The number of halogens is 3. The third kappa shape index (κ3) is 4.92. The molecule has 0 saturated carbocycles. The van der Waals surface area contributed by atoms with Crippen molar-refractivity contribution < 1.29 is 32.5 Å². The number of hydrogen-bond acceptors (Lipinski definition) is 6. The van der Waals surface area contributed by atoms with Crippen molar-refractivity contribution >= 4 is 33.9 Å². The predicted molar refractivity (Wildman–Crippen MR) is 106 cm³/mol. The first-order chi connectivity index (χ1) is 13.9. The summed E-state index contributed by atoms with van der Waals surface area (Å²) in [6.07, 6.45) is 1.53. The minimum Gasteiger partial charge on any atom is -0.493 e. The molecule has 0 amide bonds. The van der Waals surface area contributed by atoms with Crippen molar-refractivity contribution in [1.82, 2.24) is 0 Å². The summed E-state index contributed by atoms with van der Waals surface area (Å²) < 4.78 is 45.9. The van der Waals surface area contributed by atoms with Crippen LogP contribution in [0.5, 0.6) is 17.2 Å². The molecule has 0 bridgehead atoms. The molecule has 0 saturated heterocycles. The molecule has 2 aromatic rings. The molecule has 29 heavy (non-hydrogen) atoms. The number of rotatable bonds is 7. The van der Waals surface area contributed by atoms with Gasteiger partial charge >= 0.3 is 12.6 Å². The van der Waals surface area contributed by atoms with Gasteiger partial charge in [0.25, 0.3) is 0 Å². The maximum absolute atomic E-state index is 12.4. The van der Waals surface area contributed by atoms with Gasteiger partial charge in [0.05, 0.1) is 18.2 Å². The lowest BCUT2D eigenvalue weighted by molar-refractivity contribution is -0.129. The number of benzene rings is 2. The molecule has 0 radical (unpaired) electrons. The molecule has 0 spiro atoms. The van der Waals surface area contributed by atoms with E-state index in [1.807, 2.05) is 6.92 Å². The van der Waals surface area contributed by atoms with E-state index in [2.05, 4.69) is 25.7 Å². The van der Waals surface area contributed by atoms with Crippen molar-refractivity contribution in [2.75, 3.05) is 13.7 Å². The molecule has 2 aromatic carbocycles. The molecule has 3 rings (SSSR count). The molecule has 0 unspecified atom stereocenters. The van der Waals surface area contributed by atoms with Gasteiger partial charge in [0.15, 0.2) is 17.2 Å². The third-order valence-corrected chi connectivity index (χ3v) is 4.36. The van der Waals surface area contributed by atoms with E-state index in [0.717, 1.165) is 0 Å². The molecule has 6 nitrogen and oxygen atoms in total. The van der Waals surface area contributed by atoms with Gasteiger partial charge in [-0.05, 0) is 64.8 Å². The van der Waals surface area contributed by atoms with Crippen LogP contribution in [0, 0.1) is 0 Å². The van der Waals surface area contributed by atoms with Crippen LogP contribution in [0.15, 0.2) is 51.6 Å². The first-order valence-electron chi connectivity index (χ1n) is 8.49. The lowest BCUT2D eigenvalue weighted by atomic mass is 10.1. The van der Waals surface area contributed by atoms with E-state index in [-0.39, 0.29) is 17.3 Å². The summed E-state index contributed by atoms with van der Waals surface area (Å²) in [7, 11) is 1.51. The van der Waals surface area contributed by atoms with Crippen LogP contribution in [0.4, 0.5) is 8.78 Å². The lowest BCUT2D eigenvalue weighted by Crippen LogP contribution is -2.07. The number of aliphatic imine (C=N–C) groups is 1. The van der Waals surface area contributed by atoms with Gasteiger partial charge in [-0.15, -0.1) is 0 Å². The Morgan fingerprint density at radius 1 is 1.28 bits per heavy atom. The van der Waals surface area contributed by atoms with Crippen molar-refractivity contribution in [2.24, 2.45) is 4.99 Å². The highest BCUT2D eigenvalue weighted by atomic mass is 79.9. The zero-order valence-corrected chi connectivity index (χ0v) is 17.0.